The molecular formula is C16H19NO2S. The Balaban J connectivity index is 2.56. The molecular weight excluding hydrogens is 270 g/mol. The Morgan fingerprint density at radius 2 is 1.90 bits per heavy atom. The van der Waals surface area contributed by atoms with Crippen LogP contribution in [-0.2, 0) is 6.42 Å². The lowest BCUT2D eigenvalue weighted by Gasteiger charge is -2.06. The second-order valence-corrected chi connectivity index (χ2v) is 6.46. The lowest BCUT2D eigenvalue weighted by Crippen LogP contribution is -2.02. The zero-order valence-electron chi connectivity index (χ0n) is 12.2. The summed E-state index contributed by atoms with van der Waals surface area (Å²) in [6.45, 7) is 8.21. The number of thiazole rings is 1. The number of rotatable bonds is 4. The van der Waals surface area contributed by atoms with Crippen LogP contribution in [0.3, 0.4) is 0 Å². The molecule has 1 aromatic heterocycles. The van der Waals surface area contributed by atoms with Gasteiger partial charge in [0.15, 0.2) is 0 Å². The molecule has 2 aromatic rings. The van der Waals surface area contributed by atoms with E-state index in [2.05, 4.69) is 18.8 Å². The van der Waals surface area contributed by atoms with Crippen LogP contribution in [-0.4, -0.2) is 16.1 Å². The summed E-state index contributed by atoms with van der Waals surface area (Å²) >= 11 is 1.28. The van der Waals surface area contributed by atoms with E-state index in [9.17, 15) is 9.90 Å². The normalized spacial score (nSPS) is 11.1. The van der Waals surface area contributed by atoms with Crippen LogP contribution in [0.2, 0.25) is 0 Å². The highest BCUT2D eigenvalue weighted by Crippen LogP contribution is 2.33. The van der Waals surface area contributed by atoms with Crippen molar-refractivity contribution in [2.24, 2.45) is 5.92 Å². The molecule has 0 saturated heterocycles. The zero-order chi connectivity index (χ0) is 14.9. The van der Waals surface area contributed by atoms with Crippen molar-refractivity contribution in [2.45, 2.75) is 34.1 Å². The van der Waals surface area contributed by atoms with E-state index in [0.29, 0.717) is 22.9 Å². The van der Waals surface area contributed by atoms with Gasteiger partial charge in [0, 0.05) is 5.56 Å². The van der Waals surface area contributed by atoms with Crippen molar-refractivity contribution in [3.8, 4) is 10.6 Å². The van der Waals surface area contributed by atoms with Gasteiger partial charge in [0.2, 0.25) is 0 Å². The average molecular weight is 289 g/mol. The van der Waals surface area contributed by atoms with Gasteiger partial charge in [0.05, 0.1) is 5.69 Å². The Morgan fingerprint density at radius 3 is 2.40 bits per heavy atom. The maximum atomic E-state index is 11.4. The summed E-state index contributed by atoms with van der Waals surface area (Å²) in [5.74, 6) is -0.489. The number of hydrogen-bond donors (Lipinski definition) is 1. The topological polar surface area (TPSA) is 50.2 Å². The standard InChI is InChI=1S/C16H19NO2S/c1-9(2)8-12-14(16(18)19)20-15(17-12)13-10(3)6-5-7-11(13)4/h5-7,9H,8H2,1-4H3,(H,18,19). The minimum absolute atomic E-state index is 0.372. The minimum atomic E-state index is -0.879. The molecule has 3 nitrogen and oxygen atoms in total. The van der Waals surface area contributed by atoms with Crippen molar-refractivity contribution in [3.05, 3.63) is 39.9 Å². The highest BCUT2D eigenvalue weighted by atomic mass is 32.1. The molecule has 0 aliphatic carbocycles. The van der Waals surface area contributed by atoms with E-state index in [1.165, 1.54) is 11.3 Å². The predicted octanol–water partition coefficient (Wildman–Crippen LogP) is 4.32. The molecule has 2 rings (SSSR count). The maximum Gasteiger partial charge on any atom is 0.347 e. The molecule has 1 N–H and O–H groups in total. The van der Waals surface area contributed by atoms with E-state index >= 15 is 0 Å². The molecule has 0 unspecified atom stereocenters. The number of aryl methyl sites for hydroxylation is 2. The monoisotopic (exact) mass is 289 g/mol. The Morgan fingerprint density at radius 1 is 1.30 bits per heavy atom. The first-order chi connectivity index (χ1) is 9.40. The lowest BCUT2D eigenvalue weighted by atomic mass is 10.0. The minimum Gasteiger partial charge on any atom is -0.477 e. The number of aromatic nitrogens is 1. The molecule has 0 atom stereocenters. The van der Waals surface area contributed by atoms with Gasteiger partial charge < -0.3 is 5.11 Å². The van der Waals surface area contributed by atoms with E-state index < -0.39 is 5.97 Å². The molecule has 20 heavy (non-hydrogen) atoms. The third-order valence-corrected chi connectivity index (χ3v) is 4.29. The number of carbonyl (C=O) groups is 1. The fourth-order valence-electron chi connectivity index (χ4n) is 2.30. The summed E-state index contributed by atoms with van der Waals surface area (Å²) in [7, 11) is 0. The van der Waals surface area contributed by atoms with Gasteiger partial charge in [-0.15, -0.1) is 11.3 Å². The van der Waals surface area contributed by atoms with E-state index in [1.807, 2.05) is 32.0 Å². The van der Waals surface area contributed by atoms with Crippen molar-refractivity contribution < 1.29 is 9.90 Å². The quantitative estimate of drug-likeness (QED) is 0.911. The third-order valence-electron chi connectivity index (χ3n) is 3.19. The van der Waals surface area contributed by atoms with Gasteiger partial charge in [0.1, 0.15) is 9.88 Å². The number of benzene rings is 1. The average Bonchev–Trinajstić information content (AvgIpc) is 2.71. The number of nitrogens with zero attached hydrogens (tertiary/aromatic N) is 1. The van der Waals surface area contributed by atoms with Crippen molar-refractivity contribution >= 4 is 17.3 Å². The second kappa shape index (κ2) is 5.75. The Labute approximate surface area is 123 Å². The van der Waals surface area contributed by atoms with Crippen LogP contribution in [0.1, 0.15) is 40.3 Å². The molecule has 0 spiro atoms. The summed E-state index contributed by atoms with van der Waals surface area (Å²) in [6, 6.07) is 6.08. The predicted molar refractivity (Wildman–Crippen MR) is 82.5 cm³/mol. The first kappa shape index (κ1) is 14.7. The maximum absolute atomic E-state index is 11.4. The summed E-state index contributed by atoms with van der Waals surface area (Å²) < 4.78 is 0. The first-order valence-electron chi connectivity index (χ1n) is 6.69. The smallest absolute Gasteiger partial charge is 0.347 e. The van der Waals surface area contributed by atoms with E-state index in [4.69, 9.17) is 0 Å². The number of aromatic carboxylic acids is 1. The molecule has 0 aliphatic rings. The molecule has 0 saturated carbocycles. The van der Waals surface area contributed by atoms with Gasteiger partial charge in [-0.1, -0.05) is 32.0 Å². The SMILES string of the molecule is Cc1cccc(C)c1-c1nc(CC(C)C)c(C(=O)O)s1. The van der Waals surface area contributed by atoms with Gasteiger partial charge >= 0.3 is 5.97 Å². The van der Waals surface area contributed by atoms with Crippen molar-refractivity contribution in [1.82, 2.24) is 4.98 Å². The van der Waals surface area contributed by atoms with Crippen molar-refractivity contribution in [2.75, 3.05) is 0 Å². The Bertz CT molecular complexity index is 624. The highest BCUT2D eigenvalue weighted by Gasteiger charge is 2.20. The molecule has 0 aliphatic heterocycles. The van der Waals surface area contributed by atoms with Crippen molar-refractivity contribution in [3.63, 3.8) is 0 Å². The molecule has 0 amide bonds. The third kappa shape index (κ3) is 2.90. The largest absolute Gasteiger partial charge is 0.477 e. The fraction of sp³-hybridized carbons (Fsp3) is 0.375. The van der Waals surface area contributed by atoms with Crippen LogP contribution in [0.25, 0.3) is 10.6 Å². The van der Waals surface area contributed by atoms with Gasteiger partial charge in [-0.3, -0.25) is 0 Å². The van der Waals surface area contributed by atoms with E-state index in [1.54, 1.807) is 0 Å². The summed E-state index contributed by atoms with van der Waals surface area (Å²) in [4.78, 5) is 16.4. The van der Waals surface area contributed by atoms with E-state index in [0.717, 1.165) is 21.7 Å². The van der Waals surface area contributed by atoms with Crippen LogP contribution in [0.5, 0.6) is 0 Å². The molecule has 4 heteroatoms. The van der Waals surface area contributed by atoms with Gasteiger partial charge in [-0.25, -0.2) is 9.78 Å². The highest BCUT2D eigenvalue weighted by molar-refractivity contribution is 7.17. The Hall–Kier alpha value is -1.68. The summed E-state index contributed by atoms with van der Waals surface area (Å²) in [5, 5.41) is 10.2. The zero-order valence-corrected chi connectivity index (χ0v) is 13.0. The number of hydrogen-bond acceptors (Lipinski definition) is 3. The van der Waals surface area contributed by atoms with Gasteiger partial charge in [-0.05, 0) is 37.3 Å². The number of carboxylic acid groups (broad SMARTS) is 1. The molecule has 1 aromatic carbocycles. The van der Waals surface area contributed by atoms with Crippen molar-refractivity contribution in [1.29, 1.82) is 0 Å². The van der Waals surface area contributed by atoms with Crippen LogP contribution < -0.4 is 0 Å². The first-order valence-corrected chi connectivity index (χ1v) is 7.51. The molecule has 0 radical (unpaired) electrons. The Kier molecular flexibility index (Phi) is 4.23. The second-order valence-electron chi connectivity index (χ2n) is 5.46. The van der Waals surface area contributed by atoms with Crippen LogP contribution in [0, 0.1) is 19.8 Å². The molecule has 106 valence electrons. The molecule has 0 fully saturated rings. The number of carboxylic acids is 1. The molecule has 0 bridgehead atoms. The fourth-order valence-corrected chi connectivity index (χ4v) is 3.41. The lowest BCUT2D eigenvalue weighted by molar-refractivity contribution is 0.0700. The van der Waals surface area contributed by atoms with Crippen LogP contribution in [0.15, 0.2) is 18.2 Å². The van der Waals surface area contributed by atoms with Gasteiger partial charge in [0.25, 0.3) is 0 Å². The van der Waals surface area contributed by atoms with E-state index in [-0.39, 0.29) is 0 Å². The van der Waals surface area contributed by atoms with Crippen LogP contribution in [0.4, 0.5) is 0 Å². The summed E-state index contributed by atoms with van der Waals surface area (Å²) in [5.41, 5.74) is 4.03. The molecule has 1 heterocycles. The van der Waals surface area contributed by atoms with Crippen LogP contribution >= 0.6 is 11.3 Å². The van der Waals surface area contributed by atoms with Gasteiger partial charge in [-0.2, -0.15) is 0 Å². The summed E-state index contributed by atoms with van der Waals surface area (Å²) in [6.07, 6.45) is 0.697.